The minimum Gasteiger partial charge on any atom is -0.351 e. The van der Waals surface area contributed by atoms with E-state index in [2.05, 4.69) is 48.7 Å². The second-order valence-electron chi connectivity index (χ2n) is 6.81. The molecule has 0 aliphatic rings. The molecule has 0 aliphatic heterocycles. The first-order valence-electron chi connectivity index (χ1n) is 9.04. The molecule has 0 unspecified atom stereocenters. The van der Waals surface area contributed by atoms with Crippen LogP contribution in [0.15, 0.2) is 66.0 Å². The van der Waals surface area contributed by atoms with Crippen LogP contribution in [0.25, 0.3) is 0 Å². The Kier molecular flexibility index (Phi) is 6.11. The van der Waals surface area contributed by atoms with Crippen molar-refractivity contribution < 1.29 is 9.59 Å². The van der Waals surface area contributed by atoms with Crippen LogP contribution in [0.5, 0.6) is 0 Å². The molecule has 0 radical (unpaired) electrons. The number of carbonyl (C=O) groups is 2. The molecule has 0 spiro atoms. The van der Waals surface area contributed by atoms with Gasteiger partial charge in [-0.05, 0) is 52.8 Å². The topological polar surface area (TPSA) is 84.2 Å². The summed E-state index contributed by atoms with van der Waals surface area (Å²) in [7, 11) is 0. The standard InChI is InChI=1S/C22H23N3O2S/c1-14(2)15-5-7-16(8-6-15)20(19-4-3-13-28-19)25-21(26)17-9-11-18(12-10-17)24-22(23)27/h3-14,20H,1-2H3,(H,25,26)(H3,23,24,27)/t20-/m1/s1. The number of urea groups is 1. The van der Waals surface area contributed by atoms with Crippen molar-refractivity contribution in [2.45, 2.75) is 25.8 Å². The molecule has 0 saturated heterocycles. The molecule has 28 heavy (non-hydrogen) atoms. The zero-order valence-corrected chi connectivity index (χ0v) is 16.6. The molecule has 4 N–H and O–H groups in total. The third-order valence-corrected chi connectivity index (χ3v) is 5.39. The maximum atomic E-state index is 12.8. The van der Waals surface area contributed by atoms with Crippen LogP contribution in [-0.2, 0) is 0 Å². The molecule has 5 nitrogen and oxygen atoms in total. The van der Waals surface area contributed by atoms with E-state index in [1.54, 1.807) is 35.6 Å². The highest BCUT2D eigenvalue weighted by atomic mass is 32.1. The Morgan fingerprint density at radius 1 is 0.929 bits per heavy atom. The van der Waals surface area contributed by atoms with E-state index in [1.165, 1.54) is 5.56 Å². The molecule has 144 valence electrons. The number of primary amides is 1. The quantitative estimate of drug-likeness (QED) is 0.557. The Bertz CT molecular complexity index is 933. The molecule has 3 rings (SSSR count). The normalized spacial score (nSPS) is 11.8. The fourth-order valence-corrected chi connectivity index (χ4v) is 3.71. The Hall–Kier alpha value is -3.12. The van der Waals surface area contributed by atoms with E-state index < -0.39 is 6.03 Å². The van der Waals surface area contributed by atoms with Gasteiger partial charge in [0.15, 0.2) is 0 Å². The highest BCUT2D eigenvalue weighted by molar-refractivity contribution is 7.10. The molecule has 3 amide bonds. The SMILES string of the molecule is CC(C)c1ccc([C@@H](NC(=O)c2ccc(NC(N)=O)cc2)c2cccs2)cc1. The van der Waals surface area contributed by atoms with E-state index in [9.17, 15) is 9.59 Å². The van der Waals surface area contributed by atoms with Crippen molar-refractivity contribution in [1.82, 2.24) is 5.32 Å². The lowest BCUT2D eigenvalue weighted by Gasteiger charge is -2.19. The van der Waals surface area contributed by atoms with Gasteiger partial charge in [-0.25, -0.2) is 4.79 Å². The van der Waals surface area contributed by atoms with Crippen LogP contribution < -0.4 is 16.4 Å². The number of hydrogen-bond acceptors (Lipinski definition) is 3. The zero-order valence-electron chi connectivity index (χ0n) is 15.8. The first kappa shape index (κ1) is 19.6. The number of nitrogens with two attached hydrogens (primary N) is 1. The maximum Gasteiger partial charge on any atom is 0.316 e. The van der Waals surface area contributed by atoms with Crippen LogP contribution in [0, 0.1) is 0 Å². The van der Waals surface area contributed by atoms with Crippen LogP contribution in [-0.4, -0.2) is 11.9 Å². The number of anilines is 1. The Morgan fingerprint density at radius 3 is 2.11 bits per heavy atom. The van der Waals surface area contributed by atoms with Gasteiger partial charge in [-0.15, -0.1) is 11.3 Å². The lowest BCUT2D eigenvalue weighted by molar-refractivity contribution is 0.0943. The number of nitrogens with one attached hydrogen (secondary N) is 2. The van der Waals surface area contributed by atoms with Crippen LogP contribution in [0.1, 0.15) is 52.2 Å². The van der Waals surface area contributed by atoms with Crippen LogP contribution >= 0.6 is 11.3 Å². The summed E-state index contributed by atoms with van der Waals surface area (Å²) in [6.07, 6.45) is 0. The van der Waals surface area contributed by atoms with E-state index >= 15 is 0 Å². The lowest BCUT2D eigenvalue weighted by atomic mass is 9.98. The second-order valence-corrected chi connectivity index (χ2v) is 7.79. The Morgan fingerprint density at radius 2 is 1.57 bits per heavy atom. The summed E-state index contributed by atoms with van der Waals surface area (Å²) in [5, 5.41) is 7.60. The fourth-order valence-electron chi connectivity index (χ4n) is 2.91. The summed E-state index contributed by atoms with van der Waals surface area (Å²) in [6, 6.07) is 18.1. The lowest BCUT2D eigenvalue weighted by Crippen LogP contribution is -2.28. The minimum absolute atomic E-state index is 0.183. The number of benzene rings is 2. The van der Waals surface area contributed by atoms with Gasteiger partial charge < -0.3 is 16.4 Å². The van der Waals surface area contributed by atoms with Gasteiger partial charge >= 0.3 is 6.03 Å². The molecule has 0 saturated carbocycles. The molecular formula is C22H23N3O2S. The third kappa shape index (κ3) is 4.78. The number of hydrogen-bond donors (Lipinski definition) is 3. The van der Waals surface area contributed by atoms with Gasteiger partial charge in [0, 0.05) is 16.1 Å². The van der Waals surface area contributed by atoms with E-state index in [0.717, 1.165) is 10.4 Å². The van der Waals surface area contributed by atoms with Crippen molar-refractivity contribution in [2.24, 2.45) is 5.73 Å². The largest absolute Gasteiger partial charge is 0.351 e. The highest BCUT2D eigenvalue weighted by Crippen LogP contribution is 2.28. The van der Waals surface area contributed by atoms with Crippen LogP contribution in [0.3, 0.4) is 0 Å². The van der Waals surface area contributed by atoms with Gasteiger partial charge in [0.1, 0.15) is 0 Å². The van der Waals surface area contributed by atoms with Crippen molar-refractivity contribution in [3.05, 3.63) is 87.6 Å². The van der Waals surface area contributed by atoms with E-state index in [1.807, 2.05) is 17.5 Å². The smallest absolute Gasteiger partial charge is 0.316 e. The van der Waals surface area contributed by atoms with Gasteiger partial charge in [0.2, 0.25) is 0 Å². The Balaban J connectivity index is 1.82. The molecule has 1 aromatic heterocycles. The fraction of sp³-hybridized carbons (Fsp3) is 0.182. The van der Waals surface area contributed by atoms with Crippen molar-refractivity contribution in [3.63, 3.8) is 0 Å². The third-order valence-electron chi connectivity index (χ3n) is 4.45. The molecule has 1 heterocycles. The van der Waals surface area contributed by atoms with Crippen LogP contribution in [0.4, 0.5) is 10.5 Å². The molecule has 0 bridgehead atoms. The number of rotatable bonds is 6. The second kappa shape index (κ2) is 8.71. The first-order chi connectivity index (χ1) is 13.4. The molecule has 1 atom stereocenters. The average molecular weight is 394 g/mol. The van der Waals surface area contributed by atoms with Gasteiger partial charge in [-0.1, -0.05) is 44.2 Å². The van der Waals surface area contributed by atoms with Gasteiger partial charge in [0.25, 0.3) is 5.91 Å². The summed E-state index contributed by atoms with van der Waals surface area (Å²) < 4.78 is 0. The molecule has 3 aromatic rings. The number of carbonyl (C=O) groups excluding carboxylic acids is 2. The molecule has 0 fully saturated rings. The van der Waals surface area contributed by atoms with Crippen molar-refractivity contribution in [1.29, 1.82) is 0 Å². The average Bonchev–Trinajstić information content (AvgIpc) is 3.20. The van der Waals surface area contributed by atoms with Crippen molar-refractivity contribution >= 4 is 29.0 Å². The van der Waals surface area contributed by atoms with Gasteiger partial charge in [-0.3, -0.25) is 4.79 Å². The van der Waals surface area contributed by atoms with Crippen molar-refractivity contribution in [2.75, 3.05) is 5.32 Å². The summed E-state index contributed by atoms with van der Waals surface area (Å²) in [6.45, 7) is 4.31. The van der Waals surface area contributed by atoms with E-state index in [0.29, 0.717) is 17.2 Å². The molecular weight excluding hydrogens is 370 g/mol. The molecule has 2 aromatic carbocycles. The predicted octanol–water partition coefficient (Wildman–Crippen LogP) is 4.88. The van der Waals surface area contributed by atoms with E-state index in [-0.39, 0.29) is 11.9 Å². The predicted molar refractivity (Wildman–Crippen MR) is 114 cm³/mol. The molecule has 6 heteroatoms. The summed E-state index contributed by atoms with van der Waals surface area (Å²) in [4.78, 5) is 24.8. The number of amides is 3. The minimum atomic E-state index is -0.639. The van der Waals surface area contributed by atoms with Gasteiger partial charge in [0.05, 0.1) is 6.04 Å². The zero-order chi connectivity index (χ0) is 20.1. The Labute approximate surface area is 168 Å². The maximum absolute atomic E-state index is 12.8. The summed E-state index contributed by atoms with van der Waals surface area (Å²) >= 11 is 1.61. The molecule has 0 aliphatic carbocycles. The summed E-state index contributed by atoms with van der Waals surface area (Å²) in [5.41, 5.74) is 8.46. The first-order valence-corrected chi connectivity index (χ1v) is 9.92. The number of thiophene rings is 1. The van der Waals surface area contributed by atoms with E-state index in [4.69, 9.17) is 5.73 Å². The highest BCUT2D eigenvalue weighted by Gasteiger charge is 2.19. The monoisotopic (exact) mass is 393 g/mol. The van der Waals surface area contributed by atoms with Crippen molar-refractivity contribution in [3.8, 4) is 0 Å². The summed E-state index contributed by atoms with van der Waals surface area (Å²) in [5.74, 6) is 0.272. The van der Waals surface area contributed by atoms with Gasteiger partial charge in [-0.2, -0.15) is 0 Å². The van der Waals surface area contributed by atoms with Crippen LogP contribution in [0.2, 0.25) is 0 Å².